The first kappa shape index (κ1) is 12.7. The monoisotopic (exact) mass is 263 g/mol. The predicted molar refractivity (Wildman–Crippen MR) is 71.8 cm³/mol. The van der Waals surface area contributed by atoms with Gasteiger partial charge in [-0.25, -0.2) is 0 Å². The van der Waals surface area contributed by atoms with E-state index in [1.165, 1.54) is 0 Å². The Kier molecular flexibility index (Phi) is 4.05. The number of hydrogen-bond acceptors (Lipinski definition) is 2. The van der Waals surface area contributed by atoms with Gasteiger partial charge in [0.2, 0.25) is 5.91 Å². The molecule has 94 valence electrons. The van der Waals surface area contributed by atoms with Gasteiger partial charge in [0.25, 0.3) is 0 Å². The summed E-state index contributed by atoms with van der Waals surface area (Å²) in [5.74, 6) is 1.61. The second-order valence-electron chi connectivity index (χ2n) is 4.04. The van der Waals surface area contributed by atoms with E-state index in [2.05, 4.69) is 5.32 Å². The number of amides is 1. The molecule has 0 saturated heterocycles. The van der Waals surface area contributed by atoms with E-state index in [4.69, 9.17) is 16.0 Å². The third-order valence-electron chi connectivity index (χ3n) is 2.54. The molecule has 1 N–H and O–H groups in total. The summed E-state index contributed by atoms with van der Waals surface area (Å²) < 4.78 is 5.40. The van der Waals surface area contributed by atoms with Crippen LogP contribution < -0.4 is 5.32 Å². The molecule has 2 rings (SSSR count). The van der Waals surface area contributed by atoms with Crippen LogP contribution in [-0.4, -0.2) is 5.91 Å². The highest BCUT2D eigenvalue weighted by molar-refractivity contribution is 6.33. The third kappa shape index (κ3) is 3.37. The van der Waals surface area contributed by atoms with E-state index < -0.39 is 0 Å². The molecule has 18 heavy (non-hydrogen) atoms. The van der Waals surface area contributed by atoms with Crippen LogP contribution >= 0.6 is 11.6 Å². The van der Waals surface area contributed by atoms with Crippen molar-refractivity contribution < 1.29 is 9.21 Å². The zero-order valence-corrected chi connectivity index (χ0v) is 10.8. The number of carbonyl (C=O) groups excluding carboxylic acids is 1. The first-order valence-corrected chi connectivity index (χ1v) is 6.12. The van der Waals surface area contributed by atoms with Crippen LogP contribution in [0.25, 0.3) is 0 Å². The fraction of sp³-hybridized carbons (Fsp3) is 0.214. The van der Waals surface area contributed by atoms with Crippen molar-refractivity contribution in [2.24, 2.45) is 0 Å². The summed E-state index contributed by atoms with van der Waals surface area (Å²) in [4.78, 5) is 11.7. The number of para-hydroxylation sites is 1. The quantitative estimate of drug-likeness (QED) is 0.911. The maximum atomic E-state index is 11.7. The summed E-state index contributed by atoms with van der Waals surface area (Å²) in [5, 5.41) is 3.32. The summed E-state index contributed by atoms with van der Waals surface area (Å²) in [6.07, 6.45) is 0.961. The normalized spacial score (nSPS) is 10.3. The molecule has 0 saturated carbocycles. The number of furan rings is 1. The van der Waals surface area contributed by atoms with Gasteiger partial charge in [-0.2, -0.15) is 0 Å². The van der Waals surface area contributed by atoms with Crippen molar-refractivity contribution in [1.29, 1.82) is 0 Å². The fourth-order valence-corrected chi connectivity index (χ4v) is 1.81. The highest BCUT2D eigenvalue weighted by Crippen LogP contribution is 2.20. The van der Waals surface area contributed by atoms with Crippen LogP contribution in [0.1, 0.15) is 17.9 Å². The van der Waals surface area contributed by atoms with Crippen molar-refractivity contribution in [3.8, 4) is 0 Å². The first-order valence-electron chi connectivity index (χ1n) is 5.75. The molecule has 1 heterocycles. The number of nitrogens with one attached hydrogen (secondary N) is 1. The number of hydrogen-bond donors (Lipinski definition) is 1. The van der Waals surface area contributed by atoms with Crippen molar-refractivity contribution in [1.82, 2.24) is 0 Å². The Balaban J connectivity index is 1.88. The van der Waals surface area contributed by atoms with Crippen molar-refractivity contribution in [2.75, 3.05) is 5.32 Å². The van der Waals surface area contributed by atoms with Gasteiger partial charge < -0.3 is 9.73 Å². The molecule has 0 fully saturated rings. The molecule has 0 aliphatic carbocycles. The Bertz CT molecular complexity index is 548. The predicted octanol–water partition coefficient (Wildman–Crippen LogP) is 3.81. The van der Waals surface area contributed by atoms with Gasteiger partial charge in [-0.05, 0) is 31.2 Å². The van der Waals surface area contributed by atoms with E-state index in [-0.39, 0.29) is 5.91 Å². The van der Waals surface area contributed by atoms with Crippen LogP contribution in [-0.2, 0) is 11.2 Å². The van der Waals surface area contributed by atoms with Gasteiger partial charge in [0.1, 0.15) is 11.5 Å². The average Bonchev–Trinajstić information content (AvgIpc) is 2.76. The summed E-state index contributed by atoms with van der Waals surface area (Å²) in [6.45, 7) is 1.88. The van der Waals surface area contributed by atoms with Crippen molar-refractivity contribution in [3.05, 3.63) is 52.9 Å². The molecule has 3 nitrogen and oxygen atoms in total. The van der Waals surface area contributed by atoms with E-state index in [1.54, 1.807) is 12.1 Å². The van der Waals surface area contributed by atoms with Crippen molar-refractivity contribution in [3.63, 3.8) is 0 Å². The van der Waals surface area contributed by atoms with Gasteiger partial charge in [0.15, 0.2) is 0 Å². The molecule has 2 aromatic rings. The molecule has 0 unspecified atom stereocenters. The molecule has 0 aliphatic rings. The second-order valence-corrected chi connectivity index (χ2v) is 4.45. The second kappa shape index (κ2) is 5.74. The minimum Gasteiger partial charge on any atom is -0.466 e. The number of aryl methyl sites for hydroxylation is 2. The fourth-order valence-electron chi connectivity index (χ4n) is 1.63. The van der Waals surface area contributed by atoms with E-state index in [9.17, 15) is 4.79 Å². The van der Waals surface area contributed by atoms with Crippen LogP contribution in [0.4, 0.5) is 5.69 Å². The number of benzene rings is 1. The lowest BCUT2D eigenvalue weighted by atomic mass is 10.2. The van der Waals surface area contributed by atoms with E-state index >= 15 is 0 Å². The van der Waals surface area contributed by atoms with Crippen LogP contribution in [0.5, 0.6) is 0 Å². The number of carbonyl (C=O) groups is 1. The van der Waals surface area contributed by atoms with E-state index in [0.29, 0.717) is 23.6 Å². The molecule has 1 amide bonds. The average molecular weight is 264 g/mol. The largest absolute Gasteiger partial charge is 0.466 e. The summed E-state index contributed by atoms with van der Waals surface area (Å²) in [6, 6.07) is 10.9. The Hall–Kier alpha value is -1.74. The number of halogens is 1. The highest BCUT2D eigenvalue weighted by atomic mass is 35.5. The molecule has 0 aliphatic heterocycles. The lowest BCUT2D eigenvalue weighted by molar-refractivity contribution is -0.116. The van der Waals surface area contributed by atoms with Gasteiger partial charge >= 0.3 is 0 Å². The highest BCUT2D eigenvalue weighted by Gasteiger charge is 2.07. The molecule has 1 aromatic carbocycles. The van der Waals surface area contributed by atoms with Crippen LogP contribution in [0.2, 0.25) is 5.02 Å². The first-order chi connectivity index (χ1) is 8.65. The minimum absolute atomic E-state index is 0.0721. The molecule has 0 radical (unpaired) electrons. The molecule has 4 heteroatoms. The van der Waals surface area contributed by atoms with Crippen LogP contribution in [0.15, 0.2) is 40.8 Å². The summed E-state index contributed by atoms with van der Waals surface area (Å²) in [7, 11) is 0. The topological polar surface area (TPSA) is 42.2 Å². The van der Waals surface area contributed by atoms with Gasteiger partial charge in [-0.1, -0.05) is 23.7 Å². The lowest BCUT2D eigenvalue weighted by Gasteiger charge is -2.06. The molecule has 0 spiro atoms. The third-order valence-corrected chi connectivity index (χ3v) is 2.87. The van der Waals surface area contributed by atoms with Crippen LogP contribution in [0.3, 0.4) is 0 Å². The zero-order valence-electron chi connectivity index (χ0n) is 10.1. The molecule has 1 aromatic heterocycles. The minimum atomic E-state index is -0.0721. The zero-order chi connectivity index (χ0) is 13.0. The molecular weight excluding hydrogens is 250 g/mol. The van der Waals surface area contributed by atoms with Gasteiger partial charge in [0.05, 0.1) is 10.7 Å². The Morgan fingerprint density at radius 2 is 2.06 bits per heavy atom. The maximum absolute atomic E-state index is 11.7. The van der Waals surface area contributed by atoms with Crippen molar-refractivity contribution in [2.45, 2.75) is 19.8 Å². The van der Waals surface area contributed by atoms with E-state index in [1.807, 2.05) is 31.2 Å². The van der Waals surface area contributed by atoms with Crippen LogP contribution in [0, 0.1) is 6.92 Å². The number of rotatable bonds is 4. The molecular formula is C14H14ClNO2. The van der Waals surface area contributed by atoms with E-state index in [0.717, 1.165) is 11.5 Å². The summed E-state index contributed by atoms with van der Waals surface area (Å²) >= 11 is 5.96. The molecule has 0 bridgehead atoms. The SMILES string of the molecule is Cc1ccc(CCC(=O)Nc2ccccc2Cl)o1. The van der Waals surface area contributed by atoms with Crippen molar-refractivity contribution >= 4 is 23.2 Å². The lowest BCUT2D eigenvalue weighted by Crippen LogP contribution is -2.12. The Morgan fingerprint density at radius 3 is 2.72 bits per heavy atom. The number of anilines is 1. The Morgan fingerprint density at radius 1 is 1.28 bits per heavy atom. The standard InChI is InChI=1S/C14H14ClNO2/c1-10-6-7-11(18-10)8-9-14(17)16-13-5-3-2-4-12(13)15/h2-7H,8-9H2,1H3,(H,16,17). The smallest absolute Gasteiger partial charge is 0.224 e. The maximum Gasteiger partial charge on any atom is 0.224 e. The Labute approximate surface area is 111 Å². The summed E-state index contributed by atoms with van der Waals surface area (Å²) in [5.41, 5.74) is 0.639. The molecule has 0 atom stereocenters. The van der Waals surface area contributed by atoms with Gasteiger partial charge in [-0.3, -0.25) is 4.79 Å². The van der Waals surface area contributed by atoms with Gasteiger partial charge in [0, 0.05) is 12.8 Å². The van der Waals surface area contributed by atoms with Gasteiger partial charge in [-0.15, -0.1) is 0 Å².